The highest BCUT2D eigenvalue weighted by molar-refractivity contribution is 5.59. The molecule has 0 aliphatic heterocycles. The molecule has 0 bridgehead atoms. The van der Waals surface area contributed by atoms with Gasteiger partial charge in [-0.3, -0.25) is 0 Å². The minimum Gasteiger partial charge on any atom is -0.508 e. The molecule has 2 rings (SSSR count). The normalized spacial score (nSPS) is 10.5. The Morgan fingerprint density at radius 3 is 1.86 bits per heavy atom. The molecule has 3 nitrogen and oxygen atoms in total. The quantitative estimate of drug-likeness (QED) is 0.925. The van der Waals surface area contributed by atoms with Crippen LogP contribution in [0, 0.1) is 20.8 Å². The van der Waals surface area contributed by atoms with Gasteiger partial charge in [0.2, 0.25) is 0 Å². The maximum atomic E-state index is 9.40. The topological polar surface area (TPSA) is 38.7 Å². The van der Waals surface area contributed by atoms with Gasteiger partial charge in [-0.2, -0.15) is 0 Å². The Bertz CT molecular complexity index is 643. The van der Waals surface area contributed by atoms with Crippen molar-refractivity contribution in [3.05, 3.63) is 52.1 Å². The largest absolute Gasteiger partial charge is 0.508 e. The van der Waals surface area contributed by atoms with Crippen LogP contribution in [0.15, 0.2) is 24.3 Å². The molecule has 0 saturated carbocycles. The van der Waals surface area contributed by atoms with E-state index in [1.807, 2.05) is 19.1 Å². The van der Waals surface area contributed by atoms with Crippen LogP contribution >= 0.6 is 0 Å². The zero-order valence-electron chi connectivity index (χ0n) is 13.3. The first kappa shape index (κ1) is 15.2. The lowest BCUT2D eigenvalue weighted by molar-refractivity contribution is 0.391. The molecule has 0 atom stereocenters. The number of methoxy groups -OCH3 is 2. The first-order valence-corrected chi connectivity index (χ1v) is 6.98. The summed E-state index contributed by atoms with van der Waals surface area (Å²) in [4.78, 5) is 0. The summed E-state index contributed by atoms with van der Waals surface area (Å²) in [5.74, 6) is 2.11. The van der Waals surface area contributed by atoms with Crippen LogP contribution in [0.25, 0.3) is 0 Å². The lowest BCUT2D eigenvalue weighted by Crippen LogP contribution is -2.04. The molecule has 2 aromatic rings. The Morgan fingerprint density at radius 1 is 0.810 bits per heavy atom. The smallest absolute Gasteiger partial charge is 0.126 e. The Balaban J connectivity index is 2.56. The van der Waals surface area contributed by atoms with Crippen LogP contribution < -0.4 is 9.47 Å². The van der Waals surface area contributed by atoms with E-state index < -0.39 is 0 Å². The first-order chi connectivity index (χ1) is 9.99. The second-order valence-corrected chi connectivity index (χ2v) is 5.26. The van der Waals surface area contributed by atoms with E-state index in [1.54, 1.807) is 26.4 Å². The number of rotatable bonds is 4. The molecule has 0 unspecified atom stereocenters. The number of ether oxygens (including phenoxy) is 2. The molecule has 0 aliphatic carbocycles. The molecule has 1 N–H and O–H groups in total. The van der Waals surface area contributed by atoms with E-state index in [2.05, 4.69) is 13.8 Å². The van der Waals surface area contributed by atoms with E-state index in [1.165, 1.54) is 0 Å². The van der Waals surface area contributed by atoms with Gasteiger partial charge in [0.1, 0.15) is 17.2 Å². The second kappa shape index (κ2) is 6.08. The van der Waals surface area contributed by atoms with Crippen molar-refractivity contribution in [1.29, 1.82) is 0 Å². The van der Waals surface area contributed by atoms with Gasteiger partial charge in [0.05, 0.1) is 14.2 Å². The van der Waals surface area contributed by atoms with Gasteiger partial charge in [-0.25, -0.2) is 0 Å². The van der Waals surface area contributed by atoms with Crippen LogP contribution in [0.3, 0.4) is 0 Å². The summed E-state index contributed by atoms with van der Waals surface area (Å²) in [6, 6.07) is 7.26. The monoisotopic (exact) mass is 286 g/mol. The number of hydrogen-bond donors (Lipinski definition) is 1. The molecule has 0 radical (unpaired) electrons. The SMILES string of the molecule is COc1c(C)c(C)c(OC)c(Cc2ccc(O)cc2)c1C. The number of phenols is 1. The van der Waals surface area contributed by atoms with E-state index in [-0.39, 0.29) is 5.75 Å². The number of aromatic hydroxyl groups is 1. The molecule has 0 spiro atoms. The van der Waals surface area contributed by atoms with Crippen molar-refractivity contribution < 1.29 is 14.6 Å². The summed E-state index contributed by atoms with van der Waals surface area (Å²) in [6.45, 7) is 6.16. The molecule has 0 saturated heterocycles. The Labute approximate surface area is 126 Å². The predicted molar refractivity (Wildman–Crippen MR) is 84.7 cm³/mol. The van der Waals surface area contributed by atoms with Crippen molar-refractivity contribution >= 4 is 0 Å². The van der Waals surface area contributed by atoms with Crippen LogP contribution in [-0.2, 0) is 6.42 Å². The van der Waals surface area contributed by atoms with Crippen molar-refractivity contribution in [1.82, 2.24) is 0 Å². The van der Waals surface area contributed by atoms with Crippen LogP contribution in [0.2, 0.25) is 0 Å². The highest BCUT2D eigenvalue weighted by Crippen LogP contribution is 2.38. The van der Waals surface area contributed by atoms with Gasteiger partial charge < -0.3 is 14.6 Å². The minimum absolute atomic E-state index is 0.278. The van der Waals surface area contributed by atoms with Gasteiger partial charge in [-0.05, 0) is 55.2 Å². The molecule has 21 heavy (non-hydrogen) atoms. The molecular weight excluding hydrogens is 264 g/mol. The lowest BCUT2D eigenvalue weighted by atomic mass is 9.93. The third-order valence-corrected chi connectivity index (χ3v) is 4.04. The summed E-state index contributed by atoms with van der Waals surface area (Å²) in [7, 11) is 3.40. The standard InChI is InChI=1S/C18H22O3/c1-11-12(2)18(21-5)16(13(3)17(11)20-4)10-14-6-8-15(19)9-7-14/h6-9,19H,10H2,1-5H3. The van der Waals surface area contributed by atoms with Crippen molar-refractivity contribution in [2.75, 3.05) is 14.2 Å². The number of benzene rings is 2. The Kier molecular flexibility index (Phi) is 4.41. The highest BCUT2D eigenvalue weighted by atomic mass is 16.5. The van der Waals surface area contributed by atoms with E-state index in [0.717, 1.165) is 45.7 Å². The van der Waals surface area contributed by atoms with Crippen LogP contribution in [0.5, 0.6) is 17.2 Å². The molecule has 0 aromatic heterocycles. The fourth-order valence-corrected chi connectivity index (χ4v) is 2.77. The van der Waals surface area contributed by atoms with E-state index in [0.29, 0.717) is 0 Å². The summed E-state index contributed by atoms with van der Waals surface area (Å²) >= 11 is 0. The van der Waals surface area contributed by atoms with E-state index in [4.69, 9.17) is 9.47 Å². The summed E-state index contributed by atoms with van der Waals surface area (Å²) in [5, 5.41) is 9.40. The van der Waals surface area contributed by atoms with Crippen molar-refractivity contribution in [2.24, 2.45) is 0 Å². The zero-order chi connectivity index (χ0) is 15.6. The highest BCUT2D eigenvalue weighted by Gasteiger charge is 2.18. The van der Waals surface area contributed by atoms with Crippen LogP contribution in [0.4, 0.5) is 0 Å². The van der Waals surface area contributed by atoms with Crippen molar-refractivity contribution in [2.45, 2.75) is 27.2 Å². The van der Waals surface area contributed by atoms with E-state index >= 15 is 0 Å². The molecule has 0 amide bonds. The maximum Gasteiger partial charge on any atom is 0.126 e. The van der Waals surface area contributed by atoms with Gasteiger partial charge in [0.25, 0.3) is 0 Å². The summed E-state index contributed by atoms with van der Waals surface area (Å²) in [6.07, 6.45) is 0.743. The molecule has 3 heteroatoms. The second-order valence-electron chi connectivity index (χ2n) is 5.26. The van der Waals surface area contributed by atoms with Gasteiger partial charge in [-0.1, -0.05) is 12.1 Å². The molecule has 112 valence electrons. The first-order valence-electron chi connectivity index (χ1n) is 6.98. The third kappa shape index (κ3) is 2.82. The van der Waals surface area contributed by atoms with Gasteiger partial charge in [0.15, 0.2) is 0 Å². The van der Waals surface area contributed by atoms with Crippen LogP contribution in [-0.4, -0.2) is 19.3 Å². The zero-order valence-corrected chi connectivity index (χ0v) is 13.3. The summed E-state index contributed by atoms with van der Waals surface area (Å²) in [5.41, 5.74) is 5.57. The number of hydrogen-bond acceptors (Lipinski definition) is 3. The fourth-order valence-electron chi connectivity index (χ4n) is 2.77. The van der Waals surface area contributed by atoms with Crippen molar-refractivity contribution in [3.63, 3.8) is 0 Å². The molecule has 0 fully saturated rings. The van der Waals surface area contributed by atoms with Gasteiger partial charge in [-0.15, -0.1) is 0 Å². The van der Waals surface area contributed by atoms with Gasteiger partial charge in [0, 0.05) is 12.0 Å². The number of phenolic OH excluding ortho intramolecular Hbond substituents is 1. The minimum atomic E-state index is 0.278. The lowest BCUT2D eigenvalue weighted by Gasteiger charge is -2.20. The van der Waals surface area contributed by atoms with Crippen LogP contribution in [0.1, 0.15) is 27.8 Å². The molecular formula is C18H22O3. The van der Waals surface area contributed by atoms with Gasteiger partial charge >= 0.3 is 0 Å². The average molecular weight is 286 g/mol. The van der Waals surface area contributed by atoms with Crippen molar-refractivity contribution in [3.8, 4) is 17.2 Å². The fraction of sp³-hybridized carbons (Fsp3) is 0.333. The molecule has 0 heterocycles. The third-order valence-electron chi connectivity index (χ3n) is 4.04. The summed E-state index contributed by atoms with van der Waals surface area (Å²) < 4.78 is 11.2. The molecule has 0 aliphatic rings. The maximum absolute atomic E-state index is 9.40. The average Bonchev–Trinajstić information content (AvgIpc) is 2.48. The molecule has 2 aromatic carbocycles. The van der Waals surface area contributed by atoms with E-state index in [9.17, 15) is 5.11 Å². The predicted octanol–water partition coefficient (Wildman–Crippen LogP) is 3.93. The Morgan fingerprint density at radius 2 is 1.33 bits per heavy atom. The Hall–Kier alpha value is -2.16.